The van der Waals surface area contributed by atoms with Gasteiger partial charge in [-0.05, 0) is 48.5 Å². The SMILES string of the molecule is O=C(O[C@H]1CO[C@H]2[C@@H]1OC[C@H]2OC(=O)c1ccc(OCC2CO2)cc1)c1ccc(OCC2CO2)cc1. The number of epoxide rings is 2. The quantitative estimate of drug-likeness (QED) is 0.355. The number of ether oxygens (including phenoxy) is 8. The fourth-order valence-corrected chi connectivity index (χ4v) is 4.12. The number of hydrogen-bond acceptors (Lipinski definition) is 10. The summed E-state index contributed by atoms with van der Waals surface area (Å²) in [5.41, 5.74) is 0.790. The molecule has 0 amide bonds. The Kier molecular flexibility index (Phi) is 6.49. The third kappa shape index (κ3) is 5.46. The lowest BCUT2D eigenvalue weighted by atomic mass is 10.1. The first-order chi connectivity index (χ1) is 17.6. The van der Waals surface area contributed by atoms with Crippen LogP contribution in [-0.2, 0) is 28.4 Å². The Balaban J connectivity index is 0.987. The lowest BCUT2D eigenvalue weighted by molar-refractivity contribution is -0.0287. The van der Waals surface area contributed by atoms with Crippen LogP contribution in [0.15, 0.2) is 48.5 Å². The van der Waals surface area contributed by atoms with Gasteiger partial charge in [0.1, 0.15) is 49.1 Å². The van der Waals surface area contributed by atoms with E-state index >= 15 is 0 Å². The third-order valence-electron chi connectivity index (χ3n) is 6.34. The summed E-state index contributed by atoms with van der Waals surface area (Å²) in [4.78, 5) is 25.3. The summed E-state index contributed by atoms with van der Waals surface area (Å²) in [7, 11) is 0. The highest BCUT2D eigenvalue weighted by Crippen LogP contribution is 2.32. The maximum atomic E-state index is 12.6. The average Bonchev–Trinajstić information content (AvgIpc) is 3.83. The zero-order valence-corrected chi connectivity index (χ0v) is 19.4. The maximum Gasteiger partial charge on any atom is 0.338 e. The Labute approximate surface area is 207 Å². The van der Waals surface area contributed by atoms with Gasteiger partial charge in [-0.1, -0.05) is 0 Å². The van der Waals surface area contributed by atoms with Crippen LogP contribution in [-0.4, -0.2) is 88.2 Å². The Morgan fingerprint density at radius 2 is 1.00 bits per heavy atom. The Morgan fingerprint density at radius 3 is 1.36 bits per heavy atom. The van der Waals surface area contributed by atoms with Crippen LogP contribution < -0.4 is 9.47 Å². The molecule has 4 aliphatic rings. The number of rotatable bonds is 10. The van der Waals surface area contributed by atoms with Crippen molar-refractivity contribution in [1.82, 2.24) is 0 Å². The fraction of sp³-hybridized carbons (Fsp3) is 0.462. The van der Waals surface area contributed by atoms with E-state index in [1.807, 2.05) is 0 Å². The molecule has 4 fully saturated rings. The van der Waals surface area contributed by atoms with Gasteiger partial charge in [0, 0.05) is 0 Å². The van der Waals surface area contributed by atoms with Crippen LogP contribution in [0.4, 0.5) is 0 Å². The molecule has 2 aromatic rings. The van der Waals surface area contributed by atoms with Gasteiger partial charge in [-0.3, -0.25) is 0 Å². The summed E-state index contributed by atoms with van der Waals surface area (Å²) in [6, 6.07) is 13.5. The van der Waals surface area contributed by atoms with Crippen molar-refractivity contribution in [2.75, 3.05) is 39.6 Å². The largest absolute Gasteiger partial charge is 0.491 e. The first kappa shape index (κ1) is 23.2. The average molecular weight is 498 g/mol. The van der Waals surface area contributed by atoms with Crippen LogP contribution in [0.1, 0.15) is 20.7 Å². The predicted molar refractivity (Wildman–Crippen MR) is 121 cm³/mol. The molecule has 36 heavy (non-hydrogen) atoms. The van der Waals surface area contributed by atoms with Crippen molar-refractivity contribution in [3.8, 4) is 11.5 Å². The van der Waals surface area contributed by atoms with Crippen LogP contribution in [0.25, 0.3) is 0 Å². The molecular weight excluding hydrogens is 472 g/mol. The second kappa shape index (κ2) is 10.1. The summed E-state index contributed by atoms with van der Waals surface area (Å²) in [5.74, 6) is 0.345. The number of carbonyl (C=O) groups is 2. The zero-order valence-electron chi connectivity index (χ0n) is 19.4. The van der Waals surface area contributed by atoms with Crippen molar-refractivity contribution >= 4 is 11.9 Å². The molecule has 4 heterocycles. The first-order valence-corrected chi connectivity index (χ1v) is 12.0. The fourth-order valence-electron chi connectivity index (χ4n) is 4.12. The summed E-state index contributed by atoms with van der Waals surface area (Å²) >= 11 is 0. The standard InChI is InChI=1S/C26H26O10/c27-25(15-1-5-17(6-2-15)29-9-19-11-31-19)35-21-13-33-24-22(14-34-23(21)24)36-26(28)16-3-7-18(8-4-16)30-10-20-12-32-20/h1-8,19-24H,9-14H2/t19?,20?,21-,22+,23-,24-/m1/s1. The number of fused-ring (bicyclic) bond motifs is 1. The molecule has 0 spiro atoms. The van der Waals surface area contributed by atoms with Crippen molar-refractivity contribution in [2.24, 2.45) is 0 Å². The molecule has 10 heteroatoms. The molecule has 4 saturated heterocycles. The zero-order chi connectivity index (χ0) is 24.5. The number of esters is 2. The first-order valence-electron chi connectivity index (χ1n) is 12.0. The van der Waals surface area contributed by atoms with Gasteiger partial charge in [0.25, 0.3) is 0 Å². The number of carbonyl (C=O) groups excluding carboxylic acids is 2. The molecule has 0 aliphatic carbocycles. The normalized spacial score (nSPS) is 29.8. The summed E-state index contributed by atoms with van der Waals surface area (Å²) in [6.07, 6.45) is -1.89. The van der Waals surface area contributed by atoms with Gasteiger partial charge in [0.05, 0.1) is 37.6 Å². The minimum atomic E-state index is -0.596. The van der Waals surface area contributed by atoms with E-state index in [1.54, 1.807) is 48.5 Å². The monoisotopic (exact) mass is 498 g/mol. The van der Waals surface area contributed by atoms with Crippen molar-refractivity contribution in [1.29, 1.82) is 0 Å². The molecule has 0 saturated carbocycles. The molecule has 2 unspecified atom stereocenters. The lowest BCUT2D eigenvalue weighted by Gasteiger charge is -2.17. The molecule has 0 bridgehead atoms. The molecule has 10 nitrogen and oxygen atoms in total. The van der Waals surface area contributed by atoms with E-state index in [1.165, 1.54) is 0 Å². The lowest BCUT2D eigenvalue weighted by Crippen LogP contribution is -2.36. The van der Waals surface area contributed by atoms with Crippen molar-refractivity contribution in [2.45, 2.75) is 36.6 Å². The van der Waals surface area contributed by atoms with E-state index < -0.39 is 36.4 Å². The smallest absolute Gasteiger partial charge is 0.338 e. The van der Waals surface area contributed by atoms with E-state index in [0.717, 1.165) is 13.2 Å². The highest BCUT2D eigenvalue weighted by atomic mass is 16.7. The van der Waals surface area contributed by atoms with Crippen LogP contribution >= 0.6 is 0 Å². The topological polar surface area (TPSA) is 115 Å². The molecule has 0 N–H and O–H groups in total. The number of hydrogen-bond donors (Lipinski definition) is 0. The van der Waals surface area contributed by atoms with Gasteiger partial charge in [-0.15, -0.1) is 0 Å². The predicted octanol–water partition coefficient (Wildman–Crippen LogP) is 1.79. The Hall–Kier alpha value is -3.18. The van der Waals surface area contributed by atoms with Gasteiger partial charge in [-0.2, -0.15) is 0 Å². The molecular formula is C26H26O10. The highest BCUT2D eigenvalue weighted by Gasteiger charge is 2.51. The van der Waals surface area contributed by atoms with Gasteiger partial charge < -0.3 is 37.9 Å². The minimum absolute atomic E-state index is 0.159. The second-order valence-corrected chi connectivity index (χ2v) is 9.06. The minimum Gasteiger partial charge on any atom is -0.491 e. The van der Waals surface area contributed by atoms with Crippen molar-refractivity contribution < 1.29 is 47.5 Å². The van der Waals surface area contributed by atoms with E-state index in [4.69, 9.17) is 37.9 Å². The van der Waals surface area contributed by atoms with Gasteiger partial charge in [-0.25, -0.2) is 9.59 Å². The molecule has 0 radical (unpaired) electrons. The third-order valence-corrected chi connectivity index (χ3v) is 6.34. The van der Waals surface area contributed by atoms with Crippen LogP contribution in [0, 0.1) is 0 Å². The van der Waals surface area contributed by atoms with Crippen LogP contribution in [0.3, 0.4) is 0 Å². The molecule has 6 rings (SSSR count). The van der Waals surface area contributed by atoms with Crippen LogP contribution in [0.5, 0.6) is 11.5 Å². The molecule has 6 atom stereocenters. The summed E-state index contributed by atoms with van der Waals surface area (Å²) in [5, 5.41) is 0. The maximum absolute atomic E-state index is 12.6. The van der Waals surface area contributed by atoms with E-state index in [0.29, 0.717) is 35.8 Å². The second-order valence-electron chi connectivity index (χ2n) is 9.06. The summed E-state index contributed by atoms with van der Waals surface area (Å²) in [6.45, 7) is 2.74. The molecule has 2 aromatic carbocycles. The van der Waals surface area contributed by atoms with Gasteiger partial charge in [0.15, 0.2) is 12.2 Å². The van der Waals surface area contributed by atoms with Gasteiger partial charge in [0.2, 0.25) is 0 Å². The Morgan fingerprint density at radius 1 is 0.611 bits per heavy atom. The van der Waals surface area contributed by atoms with E-state index in [2.05, 4.69) is 0 Å². The van der Waals surface area contributed by atoms with Gasteiger partial charge >= 0.3 is 11.9 Å². The van der Waals surface area contributed by atoms with Crippen molar-refractivity contribution in [3.63, 3.8) is 0 Å². The Bertz CT molecular complexity index is 989. The van der Waals surface area contributed by atoms with Crippen molar-refractivity contribution in [3.05, 3.63) is 59.7 Å². The molecule has 0 aromatic heterocycles. The van der Waals surface area contributed by atoms with E-state index in [9.17, 15) is 9.59 Å². The molecule has 4 aliphatic heterocycles. The summed E-state index contributed by atoms with van der Waals surface area (Å²) < 4.78 is 44.3. The molecule has 190 valence electrons. The highest BCUT2D eigenvalue weighted by molar-refractivity contribution is 5.90. The van der Waals surface area contributed by atoms with E-state index in [-0.39, 0.29) is 25.4 Å². The number of benzene rings is 2. The van der Waals surface area contributed by atoms with Crippen LogP contribution in [0.2, 0.25) is 0 Å².